The van der Waals surface area contributed by atoms with Crippen molar-refractivity contribution < 1.29 is 231 Å². The van der Waals surface area contributed by atoms with E-state index in [9.17, 15) is 95.9 Å². The van der Waals surface area contributed by atoms with Gasteiger partial charge in [0, 0.05) is 0 Å². The lowest BCUT2D eigenvalue weighted by Gasteiger charge is -2.22. The molecular formula is C84H104O48. The molecule has 0 bridgehead atoms. The summed E-state index contributed by atoms with van der Waals surface area (Å²) < 4.78 is 95.0. The molecule has 48 heteroatoms. The molecule has 2 aliphatic heterocycles. The number of carbonyl (C=O) groups excluding carboxylic acids is 20. The average Bonchev–Trinajstić information content (AvgIpc) is 0.876. The fourth-order valence-electron chi connectivity index (χ4n) is 8.32. The Morgan fingerprint density at radius 3 is 0.470 bits per heavy atom. The van der Waals surface area contributed by atoms with E-state index in [1.165, 1.54) is 180 Å². The monoisotopic (exact) mass is 1880 g/mol. The molecule has 2 aliphatic rings. The fourth-order valence-corrected chi connectivity index (χ4v) is 8.32. The number of esters is 20. The molecule has 0 amide bonds. The van der Waals surface area contributed by atoms with Crippen LogP contribution in [-0.4, -0.2) is 339 Å². The van der Waals surface area contributed by atoms with E-state index < -0.39 is 193 Å². The maximum atomic E-state index is 12.1. The molecule has 2 heterocycles. The van der Waals surface area contributed by atoms with Gasteiger partial charge in [0.15, 0.2) is 48.8 Å². The summed E-state index contributed by atoms with van der Waals surface area (Å²) in [7, 11) is 0. The topological polar surface area (TPSA) is 688 Å². The highest BCUT2D eigenvalue weighted by molar-refractivity contribution is 5.97. The van der Waals surface area contributed by atoms with Crippen molar-refractivity contribution in [1.82, 2.24) is 0 Å². The molecule has 8 N–H and O–H groups in total. The van der Waals surface area contributed by atoms with E-state index in [1.54, 1.807) is 0 Å². The van der Waals surface area contributed by atoms with Crippen molar-refractivity contribution in [3.05, 3.63) is 142 Å². The summed E-state index contributed by atoms with van der Waals surface area (Å²) in [5.41, 5.74) is 1.51. The van der Waals surface area contributed by atoms with Gasteiger partial charge in [-0.15, -0.1) is 0 Å². The Labute approximate surface area is 751 Å². The molecule has 6 rings (SSSR count). The molecule has 0 aliphatic carbocycles. The minimum Gasteiger partial charge on any atom is -0.460 e. The van der Waals surface area contributed by atoms with Crippen LogP contribution >= 0.6 is 0 Å². The molecule has 2 fully saturated rings. The Kier molecular flexibility index (Phi) is 55.4. The molecular weight excluding hydrogens is 1780 g/mol. The molecule has 0 saturated carbocycles. The Morgan fingerprint density at radius 2 is 0.348 bits per heavy atom. The molecule has 4 aromatic carbocycles. The second kappa shape index (κ2) is 63.0. The highest BCUT2D eigenvalue weighted by Gasteiger charge is 2.34. The Balaban J connectivity index is 0.000000850. The number of carbonyl (C=O) groups is 20. The number of benzene rings is 4. The zero-order valence-corrected chi connectivity index (χ0v) is 73.4. The molecule has 0 spiro atoms. The molecule has 48 nitrogen and oxygen atoms in total. The summed E-state index contributed by atoms with van der Waals surface area (Å²) in [6.07, 6.45) is -13.6. The normalized spacial score (nSPS) is 15.5. The van der Waals surface area contributed by atoms with Crippen molar-refractivity contribution in [2.24, 2.45) is 0 Å². The van der Waals surface area contributed by atoms with E-state index in [0.717, 1.165) is 0 Å². The number of cyclic esters (lactones) is 4. The summed E-state index contributed by atoms with van der Waals surface area (Å²) in [6.45, 7) is 12.0. The second-order valence-corrected chi connectivity index (χ2v) is 26.3. The van der Waals surface area contributed by atoms with Crippen LogP contribution in [0, 0.1) is 0 Å². The largest absolute Gasteiger partial charge is 0.460 e. The average molecular weight is 1880 g/mol. The lowest BCUT2D eigenvalue weighted by atomic mass is 10.1. The van der Waals surface area contributed by atoms with Crippen molar-refractivity contribution in [1.29, 1.82) is 0 Å². The number of rotatable bonds is 40. The maximum Gasteiger partial charge on any atom is 0.347 e. The van der Waals surface area contributed by atoms with Crippen LogP contribution in [0.25, 0.3) is 0 Å². The Hall–Kier alpha value is -14.0. The molecule has 728 valence electrons. The van der Waals surface area contributed by atoms with Gasteiger partial charge >= 0.3 is 119 Å². The lowest BCUT2D eigenvalue weighted by Crippen LogP contribution is -2.40. The van der Waals surface area contributed by atoms with Crippen LogP contribution in [0.1, 0.15) is 166 Å². The molecule has 2 saturated heterocycles. The van der Waals surface area contributed by atoms with Crippen LogP contribution in [0.15, 0.2) is 97.1 Å². The Bertz CT molecular complexity index is 3880. The van der Waals surface area contributed by atoms with E-state index in [0.29, 0.717) is 0 Å². The van der Waals surface area contributed by atoms with Crippen molar-refractivity contribution >= 4 is 119 Å². The van der Waals surface area contributed by atoms with Gasteiger partial charge in [0.1, 0.15) is 104 Å². The highest BCUT2D eigenvalue weighted by atomic mass is 16.7. The summed E-state index contributed by atoms with van der Waals surface area (Å²) in [5.74, 6) is -14.7. The third kappa shape index (κ3) is 46.3. The smallest absolute Gasteiger partial charge is 0.347 e. The lowest BCUT2D eigenvalue weighted by molar-refractivity contribution is -0.191. The van der Waals surface area contributed by atoms with Crippen LogP contribution in [0.3, 0.4) is 0 Å². The number of ether oxygens (including phenoxy) is 20. The van der Waals surface area contributed by atoms with Crippen LogP contribution in [0.2, 0.25) is 0 Å². The third-order valence-corrected chi connectivity index (χ3v) is 15.3. The first-order valence-corrected chi connectivity index (χ1v) is 39.5. The Morgan fingerprint density at radius 1 is 0.227 bits per heavy atom. The molecule has 0 aromatic heterocycles. The highest BCUT2D eigenvalue weighted by Crippen LogP contribution is 2.16. The maximum absolute atomic E-state index is 12.1. The quantitative estimate of drug-likeness (QED) is 0.0152. The van der Waals surface area contributed by atoms with Crippen molar-refractivity contribution in [2.75, 3.05) is 106 Å². The molecule has 12 atom stereocenters. The van der Waals surface area contributed by atoms with Gasteiger partial charge in [0.05, 0.1) is 70.9 Å². The zero-order chi connectivity index (χ0) is 99.9. The van der Waals surface area contributed by atoms with Gasteiger partial charge in [-0.2, -0.15) is 0 Å². The fraction of sp³-hybridized carbons (Fsp3) is 0.476. The van der Waals surface area contributed by atoms with Gasteiger partial charge in [0.2, 0.25) is 0 Å². The first-order chi connectivity index (χ1) is 62.2. The van der Waals surface area contributed by atoms with Crippen molar-refractivity contribution in [3.63, 3.8) is 0 Å². The first-order valence-electron chi connectivity index (χ1n) is 39.5. The van der Waals surface area contributed by atoms with Crippen LogP contribution in [0.4, 0.5) is 0 Å². The minimum absolute atomic E-state index is 0.0703. The van der Waals surface area contributed by atoms with E-state index in [1.807, 2.05) is 0 Å². The second-order valence-electron chi connectivity index (χ2n) is 26.3. The summed E-state index contributed by atoms with van der Waals surface area (Å²) >= 11 is 0. The zero-order valence-electron chi connectivity index (χ0n) is 73.4. The SMILES string of the molecule is C[C@@H](O)C(=O)O[C@H](C)C(=O)OCCOC(=O)c1ccc(C(=O)OCCOC(=O)[C@@H](C)OC(=O)[C@@H](C)O)cc1.C[C@@H]1OC(=O)[C@H](C)OC1=O.C[C@H](O)C(=O)O[C@@H](C)C(=O)OCCOC(=O)c1ccc(C(=O)OCCOC(=O)[C@H](C)OC(=O)[C@H](C)O)cc1.C[C@H]1OC(=O)[C@@H](C)OC1=O.O=C(OCCO)c1ccc(C(=O)OCCO)cc1.O=C(OCCO)c1ccc(C(=O)OCCO)cc1. The molecule has 0 radical (unpaired) electrons. The predicted molar refractivity (Wildman–Crippen MR) is 431 cm³/mol. The molecule has 4 aromatic rings. The third-order valence-electron chi connectivity index (χ3n) is 15.3. The minimum atomic E-state index is -1.39. The van der Waals surface area contributed by atoms with E-state index in [4.69, 9.17) is 97.7 Å². The summed E-state index contributed by atoms with van der Waals surface area (Å²) in [4.78, 5) is 228. The van der Waals surface area contributed by atoms with Crippen LogP contribution in [0.5, 0.6) is 0 Å². The number of aliphatic hydroxyl groups excluding tert-OH is 8. The number of hydrogen-bond donors (Lipinski definition) is 8. The van der Waals surface area contributed by atoms with Gasteiger partial charge in [-0.05, 0) is 180 Å². The number of aliphatic hydroxyl groups is 8. The van der Waals surface area contributed by atoms with E-state index >= 15 is 0 Å². The van der Waals surface area contributed by atoms with Gasteiger partial charge in [-0.3, -0.25) is 0 Å². The molecule has 132 heavy (non-hydrogen) atoms. The van der Waals surface area contributed by atoms with Crippen molar-refractivity contribution in [2.45, 2.75) is 156 Å². The van der Waals surface area contributed by atoms with E-state index in [2.05, 4.69) is 37.9 Å². The predicted octanol–water partition coefficient (Wildman–Crippen LogP) is -0.880. The van der Waals surface area contributed by atoms with Crippen molar-refractivity contribution in [3.8, 4) is 0 Å². The number of hydrogen-bond acceptors (Lipinski definition) is 48. The standard InChI is InChI=1S/2C24H30O14.2C12H14O6.2C6H8O4/c2*1-13(25)19(27)37-15(3)21(29)33-9-11-35-23(31)17-5-7-18(8-6-17)24(32)36-12-10-34-22(30)16(4)38-20(28)14(2)26;2*13-5-7-17-11(15)9-1-2-10(4-3-9)12(16)18-8-6-14;2*1-3-5(7)10-4(2)6(8)9-3/h2*5-8,13-16,25-26H,9-12H2,1-4H3;2*1-4,13-14H,5-8H2;2*3-4H,1-2H3/t2*13-,14-,15-,16-;;;2*3-,4-/m10..10/s1. The van der Waals surface area contributed by atoms with E-state index in [-0.39, 0.29) is 150 Å². The molecule has 0 unspecified atom stereocenters. The first kappa shape index (κ1) is 116. The van der Waals surface area contributed by atoms with Crippen LogP contribution < -0.4 is 0 Å². The van der Waals surface area contributed by atoms with Crippen LogP contribution in [-0.2, 0) is 152 Å². The summed E-state index contributed by atoms with van der Waals surface area (Å²) in [5, 5.41) is 70.2. The summed E-state index contributed by atoms with van der Waals surface area (Å²) in [6, 6.07) is 21.9. The van der Waals surface area contributed by atoms with Gasteiger partial charge in [-0.25, -0.2) is 95.9 Å². The van der Waals surface area contributed by atoms with Gasteiger partial charge in [0.25, 0.3) is 0 Å². The van der Waals surface area contributed by atoms with Gasteiger partial charge in [-0.1, -0.05) is 0 Å². The van der Waals surface area contributed by atoms with Gasteiger partial charge < -0.3 is 136 Å².